The molecule has 28 heavy (non-hydrogen) atoms. The minimum atomic E-state index is -0.687. The molecule has 0 heterocycles. The van der Waals surface area contributed by atoms with E-state index >= 15 is 0 Å². The van der Waals surface area contributed by atoms with Gasteiger partial charge in [-0.15, -0.1) is 11.8 Å². The number of rotatable bonds is 8. The van der Waals surface area contributed by atoms with E-state index in [2.05, 4.69) is 5.32 Å². The molecule has 6 nitrogen and oxygen atoms in total. The highest BCUT2D eigenvalue weighted by Crippen LogP contribution is 2.15. The Morgan fingerprint density at radius 1 is 1.07 bits per heavy atom. The second-order valence-corrected chi connectivity index (χ2v) is 7.26. The maximum Gasteiger partial charge on any atom is 0.325 e. The molecule has 0 saturated carbocycles. The van der Waals surface area contributed by atoms with Crippen LogP contribution in [-0.2, 0) is 20.9 Å². The first-order valence-electron chi connectivity index (χ1n) is 8.45. The summed E-state index contributed by atoms with van der Waals surface area (Å²) in [5.41, 5.74) is 1.36. The fourth-order valence-electron chi connectivity index (χ4n) is 2.25. The van der Waals surface area contributed by atoms with Crippen molar-refractivity contribution in [2.24, 2.45) is 0 Å². The van der Waals surface area contributed by atoms with E-state index in [1.807, 2.05) is 30.5 Å². The third-order valence-electron chi connectivity index (χ3n) is 3.86. The number of esters is 1. The quantitative estimate of drug-likeness (QED) is 0.524. The Balaban J connectivity index is 1.72. The van der Waals surface area contributed by atoms with Gasteiger partial charge in [0.1, 0.15) is 6.54 Å². The lowest BCUT2D eigenvalue weighted by Crippen LogP contribution is -2.34. The number of hydrogen-bond acceptors (Lipinski definition) is 5. The van der Waals surface area contributed by atoms with Gasteiger partial charge in [-0.05, 0) is 48.2 Å². The van der Waals surface area contributed by atoms with Crippen molar-refractivity contribution in [1.29, 1.82) is 0 Å². The molecule has 2 rings (SSSR count). The Morgan fingerprint density at radius 3 is 2.32 bits per heavy atom. The monoisotopic (exact) mass is 420 g/mol. The van der Waals surface area contributed by atoms with Gasteiger partial charge in [0.15, 0.2) is 6.61 Å². The van der Waals surface area contributed by atoms with Crippen LogP contribution in [0.15, 0.2) is 53.4 Å². The summed E-state index contributed by atoms with van der Waals surface area (Å²) >= 11 is 7.41. The molecule has 0 saturated heterocycles. The number of ether oxygens (including phenoxy) is 1. The maximum absolute atomic E-state index is 12.1. The molecule has 0 aliphatic rings. The van der Waals surface area contributed by atoms with Gasteiger partial charge < -0.3 is 15.0 Å². The SMILES string of the molecule is CSc1ccc(CN(C)C(=O)COC(=O)CNC(=O)c2ccc(Cl)cc2)cc1. The summed E-state index contributed by atoms with van der Waals surface area (Å²) in [6.07, 6.45) is 2.00. The van der Waals surface area contributed by atoms with Gasteiger partial charge in [-0.2, -0.15) is 0 Å². The topological polar surface area (TPSA) is 75.7 Å². The van der Waals surface area contributed by atoms with E-state index in [0.29, 0.717) is 17.1 Å². The van der Waals surface area contributed by atoms with Crippen LogP contribution in [0.1, 0.15) is 15.9 Å². The number of benzene rings is 2. The molecule has 2 aromatic carbocycles. The van der Waals surface area contributed by atoms with Crippen molar-refractivity contribution < 1.29 is 19.1 Å². The minimum absolute atomic E-state index is 0.325. The second kappa shape index (κ2) is 10.7. The van der Waals surface area contributed by atoms with E-state index < -0.39 is 11.9 Å². The molecule has 0 unspecified atom stereocenters. The number of hydrogen-bond donors (Lipinski definition) is 1. The van der Waals surface area contributed by atoms with Crippen molar-refractivity contribution in [3.63, 3.8) is 0 Å². The lowest BCUT2D eigenvalue weighted by Gasteiger charge is -2.17. The first-order chi connectivity index (χ1) is 13.4. The zero-order valence-electron chi connectivity index (χ0n) is 15.6. The largest absolute Gasteiger partial charge is 0.454 e. The number of amides is 2. The highest BCUT2D eigenvalue weighted by molar-refractivity contribution is 7.98. The normalized spacial score (nSPS) is 10.2. The van der Waals surface area contributed by atoms with Crippen molar-refractivity contribution >= 4 is 41.1 Å². The highest BCUT2D eigenvalue weighted by atomic mass is 35.5. The van der Waals surface area contributed by atoms with Gasteiger partial charge in [0.25, 0.3) is 11.8 Å². The fourth-order valence-corrected chi connectivity index (χ4v) is 2.79. The zero-order valence-corrected chi connectivity index (χ0v) is 17.2. The summed E-state index contributed by atoms with van der Waals surface area (Å²) < 4.78 is 4.94. The molecule has 0 atom stereocenters. The summed E-state index contributed by atoms with van der Waals surface area (Å²) in [4.78, 5) is 38.4. The van der Waals surface area contributed by atoms with Crippen LogP contribution in [0, 0.1) is 0 Å². The first kappa shape index (κ1) is 21.8. The van der Waals surface area contributed by atoms with Gasteiger partial charge in [-0.1, -0.05) is 23.7 Å². The summed E-state index contributed by atoms with van der Waals surface area (Å²) in [5.74, 6) is -1.44. The number of carbonyl (C=O) groups excluding carboxylic acids is 3. The van der Waals surface area contributed by atoms with E-state index in [9.17, 15) is 14.4 Å². The molecule has 0 aromatic heterocycles. The van der Waals surface area contributed by atoms with E-state index in [-0.39, 0.29) is 19.1 Å². The molecule has 1 N–H and O–H groups in total. The lowest BCUT2D eigenvalue weighted by atomic mass is 10.2. The fraction of sp³-hybridized carbons (Fsp3) is 0.250. The van der Waals surface area contributed by atoms with Gasteiger partial charge in [0.2, 0.25) is 0 Å². The predicted molar refractivity (Wildman–Crippen MR) is 109 cm³/mol. The molecule has 148 valence electrons. The van der Waals surface area contributed by atoms with Crippen LogP contribution >= 0.6 is 23.4 Å². The summed E-state index contributed by atoms with van der Waals surface area (Å²) in [7, 11) is 1.64. The number of nitrogens with one attached hydrogen (secondary N) is 1. The minimum Gasteiger partial charge on any atom is -0.454 e. The van der Waals surface area contributed by atoms with Gasteiger partial charge in [-0.3, -0.25) is 14.4 Å². The van der Waals surface area contributed by atoms with Crippen molar-refractivity contribution in [1.82, 2.24) is 10.2 Å². The van der Waals surface area contributed by atoms with Gasteiger partial charge >= 0.3 is 5.97 Å². The number of thioether (sulfide) groups is 1. The number of halogens is 1. The molecular weight excluding hydrogens is 400 g/mol. The van der Waals surface area contributed by atoms with Crippen LogP contribution in [0.25, 0.3) is 0 Å². The predicted octanol–water partition coefficient (Wildman–Crippen LogP) is 2.99. The second-order valence-electron chi connectivity index (χ2n) is 5.95. The van der Waals surface area contributed by atoms with E-state index in [1.165, 1.54) is 4.90 Å². The highest BCUT2D eigenvalue weighted by Gasteiger charge is 2.14. The first-order valence-corrected chi connectivity index (χ1v) is 10.1. The summed E-state index contributed by atoms with van der Waals surface area (Å²) in [6, 6.07) is 14.1. The maximum atomic E-state index is 12.1. The van der Waals surface area contributed by atoms with Crippen molar-refractivity contribution in [2.75, 3.05) is 26.5 Å². The van der Waals surface area contributed by atoms with Crippen molar-refractivity contribution in [2.45, 2.75) is 11.4 Å². The van der Waals surface area contributed by atoms with Gasteiger partial charge in [0, 0.05) is 29.1 Å². The average Bonchev–Trinajstić information content (AvgIpc) is 2.71. The van der Waals surface area contributed by atoms with Gasteiger partial charge in [0.05, 0.1) is 0 Å². The smallest absolute Gasteiger partial charge is 0.325 e. The van der Waals surface area contributed by atoms with E-state index in [0.717, 1.165) is 10.5 Å². The summed E-state index contributed by atoms with van der Waals surface area (Å²) in [6.45, 7) is -0.290. The Hall–Kier alpha value is -2.51. The molecule has 0 fully saturated rings. The van der Waals surface area contributed by atoms with Crippen LogP contribution in [-0.4, -0.2) is 49.1 Å². The zero-order chi connectivity index (χ0) is 20.5. The molecule has 0 radical (unpaired) electrons. The molecule has 0 aliphatic heterocycles. The lowest BCUT2D eigenvalue weighted by molar-refractivity contribution is -0.150. The van der Waals surface area contributed by atoms with Crippen molar-refractivity contribution in [3.05, 3.63) is 64.7 Å². The number of likely N-dealkylation sites (N-methyl/N-ethyl adjacent to an activating group) is 1. The van der Waals surface area contributed by atoms with Gasteiger partial charge in [-0.25, -0.2) is 0 Å². The number of carbonyl (C=O) groups is 3. The standard InChI is InChI=1S/C20H21ClN2O4S/c1-23(12-14-3-9-17(28-2)10-4-14)18(24)13-27-19(25)11-22-20(26)15-5-7-16(21)8-6-15/h3-10H,11-13H2,1-2H3,(H,22,26). The molecule has 0 spiro atoms. The van der Waals surface area contributed by atoms with Crippen molar-refractivity contribution in [3.8, 4) is 0 Å². The molecular formula is C20H21ClN2O4S. The average molecular weight is 421 g/mol. The van der Waals surface area contributed by atoms with Crippen LogP contribution in [0.4, 0.5) is 0 Å². The third kappa shape index (κ3) is 6.90. The van der Waals surface area contributed by atoms with Crippen LogP contribution in [0.2, 0.25) is 5.02 Å². The molecule has 2 aromatic rings. The van der Waals surface area contributed by atoms with Crippen LogP contribution < -0.4 is 5.32 Å². The molecule has 8 heteroatoms. The number of nitrogens with zero attached hydrogens (tertiary/aromatic N) is 1. The van der Waals surface area contributed by atoms with Crippen LogP contribution in [0.3, 0.4) is 0 Å². The Labute approximate surface area is 173 Å². The summed E-state index contributed by atoms with van der Waals surface area (Å²) in [5, 5.41) is 2.95. The molecule has 0 aliphatic carbocycles. The third-order valence-corrected chi connectivity index (χ3v) is 4.86. The Morgan fingerprint density at radius 2 is 1.71 bits per heavy atom. The van der Waals surface area contributed by atoms with E-state index in [1.54, 1.807) is 43.1 Å². The Kier molecular flexibility index (Phi) is 8.35. The molecule has 0 bridgehead atoms. The Bertz CT molecular complexity index is 825. The van der Waals surface area contributed by atoms with E-state index in [4.69, 9.17) is 16.3 Å². The van der Waals surface area contributed by atoms with Crippen LogP contribution in [0.5, 0.6) is 0 Å². The molecule has 2 amide bonds.